The molecular formula is C12H14FN3. The summed E-state index contributed by atoms with van der Waals surface area (Å²) in [4.78, 5) is 0. The molecule has 0 aliphatic rings. The highest BCUT2D eigenvalue weighted by atomic mass is 19.1. The lowest BCUT2D eigenvalue weighted by Crippen LogP contribution is -2.08. The Balaban J connectivity index is 2.44. The van der Waals surface area contributed by atoms with Crippen LogP contribution in [0.1, 0.15) is 19.4 Å². The minimum atomic E-state index is -1.35. The van der Waals surface area contributed by atoms with Gasteiger partial charge in [-0.2, -0.15) is 5.10 Å². The predicted molar refractivity (Wildman–Crippen MR) is 62.6 cm³/mol. The highest BCUT2D eigenvalue weighted by Crippen LogP contribution is 2.28. The number of alkyl halides is 1. The summed E-state index contributed by atoms with van der Waals surface area (Å²) in [6.45, 7) is 3.07. The molecule has 0 aliphatic heterocycles. The summed E-state index contributed by atoms with van der Waals surface area (Å²) in [7, 11) is 0. The second-order valence-electron chi connectivity index (χ2n) is 4.26. The van der Waals surface area contributed by atoms with Crippen molar-refractivity contribution < 1.29 is 4.39 Å². The fourth-order valence-electron chi connectivity index (χ4n) is 1.54. The number of nitrogens with one attached hydrogen (secondary N) is 1. The largest absolute Gasteiger partial charge is 0.382 e. The van der Waals surface area contributed by atoms with E-state index in [2.05, 4.69) is 10.2 Å². The molecule has 1 aromatic heterocycles. The number of nitrogens with two attached hydrogens (primary N) is 1. The number of H-pyrrole nitrogens is 1. The molecule has 1 heterocycles. The van der Waals surface area contributed by atoms with E-state index in [4.69, 9.17) is 5.73 Å². The molecular weight excluding hydrogens is 205 g/mol. The van der Waals surface area contributed by atoms with Crippen LogP contribution in [-0.4, -0.2) is 10.2 Å². The maximum Gasteiger partial charge on any atom is 0.145 e. The predicted octanol–water partition coefficient (Wildman–Crippen LogP) is 2.86. The molecule has 1 aromatic carbocycles. The molecule has 0 bridgehead atoms. The van der Waals surface area contributed by atoms with E-state index in [0.717, 1.165) is 11.3 Å². The Morgan fingerprint density at radius 2 is 2.06 bits per heavy atom. The highest BCUT2D eigenvalue weighted by Gasteiger charge is 2.19. The van der Waals surface area contributed by atoms with Gasteiger partial charge in [0, 0.05) is 6.07 Å². The van der Waals surface area contributed by atoms with Crippen LogP contribution in [0.25, 0.3) is 11.3 Å². The van der Waals surface area contributed by atoms with Crippen LogP contribution in [0.15, 0.2) is 30.3 Å². The third-order valence-electron chi connectivity index (χ3n) is 2.46. The molecule has 2 aromatic rings. The number of anilines is 1. The van der Waals surface area contributed by atoms with E-state index in [1.165, 1.54) is 13.8 Å². The monoisotopic (exact) mass is 219 g/mol. The Bertz CT molecular complexity index is 497. The third kappa shape index (κ3) is 2.05. The van der Waals surface area contributed by atoms with Gasteiger partial charge in [0.05, 0.1) is 5.69 Å². The van der Waals surface area contributed by atoms with Crippen LogP contribution in [0.5, 0.6) is 0 Å². The third-order valence-corrected chi connectivity index (χ3v) is 2.46. The van der Waals surface area contributed by atoms with Crippen LogP contribution in [0.2, 0.25) is 0 Å². The van der Waals surface area contributed by atoms with Gasteiger partial charge in [0.25, 0.3) is 0 Å². The minimum Gasteiger partial charge on any atom is -0.382 e. The summed E-state index contributed by atoms with van der Waals surface area (Å²) in [5.74, 6) is 0.430. The lowest BCUT2D eigenvalue weighted by Gasteiger charge is -2.15. The van der Waals surface area contributed by atoms with Gasteiger partial charge >= 0.3 is 0 Å². The van der Waals surface area contributed by atoms with Crippen molar-refractivity contribution in [2.75, 3.05) is 5.73 Å². The molecule has 0 atom stereocenters. The van der Waals surface area contributed by atoms with E-state index in [0.29, 0.717) is 11.4 Å². The second kappa shape index (κ2) is 3.63. The average molecular weight is 219 g/mol. The molecule has 0 aliphatic carbocycles. The topological polar surface area (TPSA) is 54.7 Å². The van der Waals surface area contributed by atoms with E-state index in [1.54, 1.807) is 18.2 Å². The summed E-state index contributed by atoms with van der Waals surface area (Å²) in [5, 5.41) is 6.65. The fraction of sp³-hybridized carbons (Fsp3) is 0.250. The number of hydrogen-bond acceptors (Lipinski definition) is 2. The average Bonchev–Trinajstić information content (AvgIpc) is 2.64. The van der Waals surface area contributed by atoms with E-state index < -0.39 is 5.67 Å². The molecule has 0 saturated carbocycles. The van der Waals surface area contributed by atoms with Crippen molar-refractivity contribution in [3.8, 4) is 11.3 Å². The van der Waals surface area contributed by atoms with Gasteiger partial charge < -0.3 is 5.73 Å². The maximum atomic E-state index is 13.8. The van der Waals surface area contributed by atoms with Crippen LogP contribution in [-0.2, 0) is 5.67 Å². The molecule has 3 nitrogen and oxygen atoms in total. The summed E-state index contributed by atoms with van der Waals surface area (Å²) in [6.07, 6.45) is 0. The first-order valence-electron chi connectivity index (χ1n) is 5.07. The molecule has 0 unspecified atom stereocenters. The molecule has 0 amide bonds. The molecule has 84 valence electrons. The molecule has 3 N–H and O–H groups in total. The van der Waals surface area contributed by atoms with E-state index in [-0.39, 0.29) is 0 Å². The van der Waals surface area contributed by atoms with Crippen molar-refractivity contribution in [1.82, 2.24) is 10.2 Å². The number of hydrogen-bond donors (Lipinski definition) is 2. The van der Waals surface area contributed by atoms with Crippen molar-refractivity contribution in [2.24, 2.45) is 0 Å². The Kier molecular flexibility index (Phi) is 2.42. The number of nitrogens with zero attached hydrogens (tertiary/aromatic N) is 1. The first-order valence-corrected chi connectivity index (χ1v) is 5.07. The fourth-order valence-corrected chi connectivity index (χ4v) is 1.54. The van der Waals surface area contributed by atoms with Crippen LogP contribution >= 0.6 is 0 Å². The van der Waals surface area contributed by atoms with Gasteiger partial charge in [-0.1, -0.05) is 18.2 Å². The smallest absolute Gasteiger partial charge is 0.145 e. The molecule has 16 heavy (non-hydrogen) atoms. The number of nitrogen functional groups attached to an aromatic ring is 1. The van der Waals surface area contributed by atoms with Gasteiger partial charge in [-0.3, -0.25) is 5.10 Å². The van der Waals surface area contributed by atoms with Crippen molar-refractivity contribution in [2.45, 2.75) is 19.5 Å². The van der Waals surface area contributed by atoms with Gasteiger partial charge in [-0.15, -0.1) is 0 Å². The SMILES string of the molecule is CC(C)(F)c1cccc(-c2cc(N)n[nH]2)c1. The first kappa shape index (κ1) is 10.7. The number of aromatic nitrogens is 2. The number of rotatable bonds is 2. The summed E-state index contributed by atoms with van der Waals surface area (Å²) < 4.78 is 13.8. The van der Waals surface area contributed by atoms with Crippen molar-refractivity contribution in [1.29, 1.82) is 0 Å². The van der Waals surface area contributed by atoms with Gasteiger partial charge in [-0.05, 0) is 31.0 Å². The molecule has 0 spiro atoms. The molecule has 0 saturated heterocycles. The summed E-state index contributed by atoms with van der Waals surface area (Å²) in [6, 6.07) is 9.01. The Hall–Kier alpha value is -1.84. The minimum absolute atomic E-state index is 0.430. The Labute approximate surface area is 93.5 Å². The number of halogens is 1. The number of benzene rings is 1. The van der Waals surface area contributed by atoms with Gasteiger partial charge in [-0.25, -0.2) is 4.39 Å². The van der Waals surface area contributed by atoms with Crippen LogP contribution < -0.4 is 5.73 Å². The lowest BCUT2D eigenvalue weighted by atomic mass is 9.97. The van der Waals surface area contributed by atoms with Gasteiger partial charge in [0.2, 0.25) is 0 Å². The van der Waals surface area contributed by atoms with E-state index in [1.807, 2.05) is 12.1 Å². The number of aromatic amines is 1. The zero-order chi connectivity index (χ0) is 11.8. The molecule has 0 radical (unpaired) electrons. The Morgan fingerprint density at radius 3 is 2.62 bits per heavy atom. The summed E-state index contributed by atoms with van der Waals surface area (Å²) >= 11 is 0. The van der Waals surface area contributed by atoms with Gasteiger partial charge in [0.1, 0.15) is 11.5 Å². The normalized spacial score (nSPS) is 11.7. The van der Waals surface area contributed by atoms with Crippen LogP contribution in [0.3, 0.4) is 0 Å². The zero-order valence-corrected chi connectivity index (χ0v) is 9.29. The van der Waals surface area contributed by atoms with Gasteiger partial charge in [0.15, 0.2) is 0 Å². The molecule has 0 fully saturated rings. The summed E-state index contributed by atoms with van der Waals surface area (Å²) in [5.41, 5.74) is 6.49. The van der Waals surface area contributed by atoms with Crippen LogP contribution in [0.4, 0.5) is 10.2 Å². The van der Waals surface area contributed by atoms with Crippen LogP contribution in [0, 0.1) is 0 Å². The van der Waals surface area contributed by atoms with E-state index >= 15 is 0 Å². The zero-order valence-electron chi connectivity index (χ0n) is 9.29. The molecule has 2 rings (SSSR count). The van der Waals surface area contributed by atoms with Crippen molar-refractivity contribution >= 4 is 5.82 Å². The highest BCUT2D eigenvalue weighted by molar-refractivity contribution is 5.63. The van der Waals surface area contributed by atoms with Crippen molar-refractivity contribution in [3.63, 3.8) is 0 Å². The second-order valence-corrected chi connectivity index (χ2v) is 4.26. The maximum absolute atomic E-state index is 13.8. The van der Waals surface area contributed by atoms with E-state index in [9.17, 15) is 4.39 Å². The standard InChI is InChI=1S/C12H14FN3/c1-12(2,13)9-5-3-4-8(6-9)10-7-11(14)16-15-10/h3-7H,1-2H3,(H3,14,15,16). The lowest BCUT2D eigenvalue weighted by molar-refractivity contribution is 0.221. The Morgan fingerprint density at radius 1 is 1.31 bits per heavy atom. The quantitative estimate of drug-likeness (QED) is 0.816. The molecule has 4 heteroatoms. The van der Waals surface area contributed by atoms with Crippen molar-refractivity contribution in [3.05, 3.63) is 35.9 Å². The first-order chi connectivity index (χ1) is 7.47.